The summed E-state index contributed by atoms with van der Waals surface area (Å²) in [5, 5.41) is 21.7. The molecule has 226 valence electrons. The van der Waals surface area contributed by atoms with E-state index in [0.29, 0.717) is 35.9 Å². The maximum Gasteiger partial charge on any atom is 0.336 e. The van der Waals surface area contributed by atoms with E-state index in [4.69, 9.17) is 14.2 Å². The fourth-order valence-electron chi connectivity index (χ4n) is 5.03. The third-order valence-corrected chi connectivity index (χ3v) is 7.24. The summed E-state index contributed by atoms with van der Waals surface area (Å²) >= 11 is 0. The average molecular weight is 589 g/mol. The van der Waals surface area contributed by atoms with Gasteiger partial charge in [0.1, 0.15) is 0 Å². The summed E-state index contributed by atoms with van der Waals surface area (Å²) in [6, 6.07) is 15.9. The number of aromatic amines is 1. The number of nitro benzene ring substituents is 1. The second-order valence-electron chi connectivity index (χ2n) is 10.4. The van der Waals surface area contributed by atoms with Crippen LogP contribution in [0.3, 0.4) is 0 Å². The molecular weight excluding hydrogens is 552 g/mol. The number of carbonyl (C=O) groups is 2. The standard InChI is InChI=1S/C32H36N4O7/c1-20-12-14-23(15-13-20)26-19-27(35-34-26)42-16-7-5-6-8-17-43-32(38)29-22(3)33-21(2)28(31(37)41-4)30(29)24-10-9-11-25(18-24)36(39)40/h9-15,18-19,30,33H,5-8,16-17H2,1-4H3,(H,34,35). The largest absolute Gasteiger partial charge is 0.477 e. The van der Waals surface area contributed by atoms with E-state index in [1.54, 1.807) is 19.9 Å². The summed E-state index contributed by atoms with van der Waals surface area (Å²) in [6.45, 7) is 6.15. The number of nitro groups is 1. The molecule has 0 radical (unpaired) electrons. The molecule has 11 heteroatoms. The molecule has 3 aromatic rings. The normalized spacial score (nSPS) is 14.7. The van der Waals surface area contributed by atoms with E-state index in [9.17, 15) is 19.7 Å². The second-order valence-corrected chi connectivity index (χ2v) is 10.4. The van der Waals surface area contributed by atoms with Crippen LogP contribution in [-0.4, -0.2) is 47.4 Å². The Balaban J connectivity index is 1.29. The number of esters is 2. The number of carbonyl (C=O) groups excluding carboxylic acids is 2. The molecule has 2 heterocycles. The summed E-state index contributed by atoms with van der Waals surface area (Å²) in [4.78, 5) is 37.0. The van der Waals surface area contributed by atoms with Crippen molar-refractivity contribution in [2.24, 2.45) is 0 Å². The van der Waals surface area contributed by atoms with Crippen LogP contribution in [0.1, 0.15) is 56.6 Å². The number of nitrogens with one attached hydrogen (secondary N) is 2. The lowest BCUT2D eigenvalue weighted by Crippen LogP contribution is -2.32. The molecule has 1 aliphatic rings. The first-order chi connectivity index (χ1) is 20.7. The van der Waals surface area contributed by atoms with Crippen LogP contribution < -0.4 is 10.1 Å². The number of unbranched alkanes of at least 4 members (excludes halogenated alkanes) is 3. The Kier molecular flexibility index (Phi) is 10.3. The van der Waals surface area contributed by atoms with E-state index in [2.05, 4.69) is 15.5 Å². The summed E-state index contributed by atoms with van der Waals surface area (Å²) in [5.74, 6) is -1.57. The zero-order valence-corrected chi connectivity index (χ0v) is 24.8. The van der Waals surface area contributed by atoms with Gasteiger partial charge in [0.05, 0.1) is 48.0 Å². The predicted molar refractivity (Wildman–Crippen MR) is 160 cm³/mol. The molecule has 0 amide bonds. The molecule has 0 bridgehead atoms. The first-order valence-corrected chi connectivity index (χ1v) is 14.1. The Morgan fingerprint density at radius 2 is 1.58 bits per heavy atom. The Morgan fingerprint density at radius 3 is 2.26 bits per heavy atom. The number of benzene rings is 2. The number of hydrogen-bond acceptors (Lipinski definition) is 9. The summed E-state index contributed by atoms with van der Waals surface area (Å²) in [5.41, 5.74) is 4.82. The number of dihydropyridines is 1. The lowest BCUT2D eigenvalue weighted by atomic mass is 9.80. The molecule has 0 spiro atoms. The molecule has 4 rings (SSSR count). The molecule has 2 aromatic carbocycles. The third kappa shape index (κ3) is 7.68. The molecule has 0 aliphatic carbocycles. The first-order valence-electron chi connectivity index (χ1n) is 14.1. The molecule has 1 aliphatic heterocycles. The van der Waals surface area contributed by atoms with E-state index < -0.39 is 22.8 Å². The van der Waals surface area contributed by atoms with Gasteiger partial charge in [0.2, 0.25) is 5.88 Å². The van der Waals surface area contributed by atoms with Gasteiger partial charge in [-0.05, 0) is 57.6 Å². The minimum absolute atomic E-state index is 0.147. The van der Waals surface area contributed by atoms with E-state index in [-0.39, 0.29) is 23.4 Å². The summed E-state index contributed by atoms with van der Waals surface area (Å²) in [7, 11) is 1.25. The number of nitrogens with zero attached hydrogens (tertiary/aromatic N) is 2. The molecule has 0 saturated heterocycles. The SMILES string of the molecule is COC(=O)C1=C(C)NC(C)=C(C(=O)OCCCCCCOc2cc(-c3ccc(C)cc3)[nH]n2)C1c1cccc([N+](=O)[O-])c1. The van der Waals surface area contributed by atoms with Crippen LogP contribution in [0.4, 0.5) is 5.69 Å². The van der Waals surface area contributed by atoms with Crippen LogP contribution in [0.15, 0.2) is 77.1 Å². The van der Waals surface area contributed by atoms with Gasteiger partial charge in [-0.15, -0.1) is 5.10 Å². The number of aryl methyl sites for hydroxylation is 1. The molecule has 1 aromatic heterocycles. The van der Waals surface area contributed by atoms with Crippen molar-refractivity contribution in [3.63, 3.8) is 0 Å². The zero-order chi connectivity index (χ0) is 30.9. The van der Waals surface area contributed by atoms with Gasteiger partial charge in [0.25, 0.3) is 5.69 Å². The fraction of sp³-hybridized carbons (Fsp3) is 0.344. The van der Waals surface area contributed by atoms with Crippen LogP contribution in [0.2, 0.25) is 0 Å². The molecule has 1 atom stereocenters. The van der Waals surface area contributed by atoms with E-state index in [1.807, 2.05) is 37.3 Å². The van der Waals surface area contributed by atoms with Gasteiger partial charge in [-0.3, -0.25) is 15.2 Å². The summed E-state index contributed by atoms with van der Waals surface area (Å²) < 4.78 is 16.4. The van der Waals surface area contributed by atoms with Crippen molar-refractivity contribution >= 4 is 17.6 Å². The molecule has 1 unspecified atom stereocenters. The van der Waals surface area contributed by atoms with E-state index >= 15 is 0 Å². The lowest BCUT2D eigenvalue weighted by Gasteiger charge is -2.30. The molecule has 2 N–H and O–H groups in total. The van der Waals surface area contributed by atoms with Crippen LogP contribution in [0.5, 0.6) is 5.88 Å². The number of rotatable bonds is 13. The number of aromatic nitrogens is 2. The molecule has 0 fully saturated rings. The molecule has 11 nitrogen and oxygen atoms in total. The van der Waals surface area contributed by atoms with E-state index in [0.717, 1.165) is 30.5 Å². The zero-order valence-electron chi connectivity index (χ0n) is 24.8. The Bertz CT molecular complexity index is 1540. The van der Waals surface area contributed by atoms with E-state index in [1.165, 1.54) is 30.9 Å². The van der Waals surface area contributed by atoms with Crippen molar-refractivity contribution in [2.75, 3.05) is 20.3 Å². The van der Waals surface area contributed by atoms with Gasteiger partial charge in [-0.1, -0.05) is 42.0 Å². The van der Waals surface area contributed by atoms with Gasteiger partial charge in [0, 0.05) is 29.6 Å². The molecular formula is C32H36N4O7. The molecule has 0 saturated carbocycles. The second kappa shape index (κ2) is 14.3. The smallest absolute Gasteiger partial charge is 0.336 e. The van der Waals surface area contributed by atoms with Crippen molar-refractivity contribution in [2.45, 2.75) is 52.4 Å². The Labute approximate surface area is 250 Å². The highest BCUT2D eigenvalue weighted by molar-refractivity contribution is 5.99. The van der Waals surface area contributed by atoms with Crippen LogP contribution in [-0.2, 0) is 19.1 Å². The Hall–Kier alpha value is -4.93. The quantitative estimate of drug-likeness (QED) is 0.108. The highest BCUT2D eigenvalue weighted by atomic mass is 16.6. The number of allylic oxidation sites excluding steroid dienone is 2. The van der Waals surface area contributed by atoms with Crippen LogP contribution in [0.25, 0.3) is 11.3 Å². The minimum atomic E-state index is -0.883. The number of ether oxygens (including phenoxy) is 3. The number of non-ortho nitro benzene ring substituents is 1. The maximum atomic E-state index is 13.3. The first kappa shape index (κ1) is 31.0. The van der Waals surface area contributed by atoms with Crippen molar-refractivity contribution < 1.29 is 28.7 Å². The monoisotopic (exact) mass is 588 g/mol. The maximum absolute atomic E-state index is 13.3. The average Bonchev–Trinajstić information content (AvgIpc) is 3.47. The number of methoxy groups -OCH3 is 1. The van der Waals surface area contributed by atoms with Crippen LogP contribution >= 0.6 is 0 Å². The minimum Gasteiger partial charge on any atom is -0.477 e. The third-order valence-electron chi connectivity index (χ3n) is 7.24. The highest BCUT2D eigenvalue weighted by Crippen LogP contribution is 2.40. The van der Waals surface area contributed by atoms with Crippen molar-refractivity contribution in [1.82, 2.24) is 15.5 Å². The van der Waals surface area contributed by atoms with Gasteiger partial charge < -0.3 is 19.5 Å². The van der Waals surface area contributed by atoms with Crippen molar-refractivity contribution in [3.8, 4) is 17.1 Å². The fourth-order valence-corrected chi connectivity index (χ4v) is 5.03. The van der Waals surface area contributed by atoms with Crippen molar-refractivity contribution in [1.29, 1.82) is 0 Å². The molecule has 43 heavy (non-hydrogen) atoms. The summed E-state index contributed by atoms with van der Waals surface area (Å²) in [6.07, 6.45) is 3.16. The van der Waals surface area contributed by atoms with Gasteiger partial charge in [0.15, 0.2) is 0 Å². The van der Waals surface area contributed by atoms with Gasteiger partial charge >= 0.3 is 11.9 Å². The Morgan fingerprint density at radius 1 is 0.907 bits per heavy atom. The van der Waals surface area contributed by atoms with Gasteiger partial charge in [-0.2, -0.15) is 0 Å². The topological polar surface area (TPSA) is 146 Å². The number of H-pyrrole nitrogens is 1. The van der Waals surface area contributed by atoms with Crippen molar-refractivity contribution in [3.05, 3.63) is 98.4 Å². The number of hydrogen-bond donors (Lipinski definition) is 2. The van der Waals surface area contributed by atoms with Gasteiger partial charge in [-0.25, -0.2) is 9.59 Å². The highest BCUT2D eigenvalue weighted by Gasteiger charge is 2.38. The lowest BCUT2D eigenvalue weighted by molar-refractivity contribution is -0.384. The van der Waals surface area contributed by atoms with Crippen LogP contribution in [0, 0.1) is 17.0 Å². The predicted octanol–water partition coefficient (Wildman–Crippen LogP) is 5.88.